The van der Waals surface area contributed by atoms with E-state index < -0.39 is 5.97 Å². The van der Waals surface area contributed by atoms with Crippen LogP contribution in [0.2, 0.25) is 0 Å². The predicted molar refractivity (Wildman–Crippen MR) is 95.2 cm³/mol. The van der Waals surface area contributed by atoms with Gasteiger partial charge in [-0.3, -0.25) is 4.99 Å². The molecule has 0 heterocycles. The third-order valence-electron chi connectivity index (χ3n) is 3.22. The smallest absolute Gasteiger partial charge is 0.343 e. The van der Waals surface area contributed by atoms with Crippen LogP contribution in [0, 0.1) is 6.92 Å². The fourth-order valence-corrected chi connectivity index (χ4v) is 2.06. The quantitative estimate of drug-likeness (QED) is 0.288. The van der Waals surface area contributed by atoms with Gasteiger partial charge in [0, 0.05) is 32.5 Å². The average molecular weight is 316 g/mol. The van der Waals surface area contributed by atoms with Crippen LogP contribution in [-0.2, 0) is 9.53 Å². The number of carbonyl (C=O) groups is 1. The Morgan fingerprint density at radius 1 is 1.39 bits per heavy atom. The van der Waals surface area contributed by atoms with Crippen LogP contribution in [0.4, 0.5) is 5.69 Å². The number of hydrogen-bond acceptors (Lipinski definition) is 5. The molecule has 5 heteroatoms. The molecule has 0 bridgehead atoms. The van der Waals surface area contributed by atoms with Gasteiger partial charge in [0.25, 0.3) is 0 Å². The van der Waals surface area contributed by atoms with E-state index in [9.17, 15) is 9.90 Å². The summed E-state index contributed by atoms with van der Waals surface area (Å²) in [6.07, 6.45) is 4.54. The zero-order valence-corrected chi connectivity index (χ0v) is 14.3. The van der Waals surface area contributed by atoms with Gasteiger partial charge in [0.05, 0.1) is 7.11 Å². The van der Waals surface area contributed by atoms with E-state index in [1.807, 2.05) is 51.0 Å². The molecule has 1 N–H and O–H groups in total. The molecule has 5 nitrogen and oxygen atoms in total. The minimum Gasteiger partial charge on any atom is -0.507 e. The van der Waals surface area contributed by atoms with Gasteiger partial charge in [0.15, 0.2) is 0 Å². The van der Waals surface area contributed by atoms with E-state index in [0.29, 0.717) is 6.54 Å². The Labute approximate surface area is 137 Å². The van der Waals surface area contributed by atoms with Gasteiger partial charge in [-0.05, 0) is 43.2 Å². The zero-order chi connectivity index (χ0) is 17.4. The van der Waals surface area contributed by atoms with Crippen molar-refractivity contribution in [3.63, 3.8) is 0 Å². The van der Waals surface area contributed by atoms with Crippen LogP contribution in [0.3, 0.4) is 0 Å². The standard InChI is InChI=1S/C18H24N2O3/c1-6-19-12-15(18(22)23-5)17(21)10-8-14-7-9-16(20(3)4)13(2)11-14/h7-12,21H,6H2,1-5H3/b10-8+,17-15?,19-12?. The first kappa shape index (κ1) is 18.5. The summed E-state index contributed by atoms with van der Waals surface area (Å²) in [4.78, 5) is 17.7. The molecule has 0 radical (unpaired) electrons. The summed E-state index contributed by atoms with van der Waals surface area (Å²) in [6.45, 7) is 4.38. The highest BCUT2D eigenvalue weighted by Gasteiger charge is 2.11. The molecule has 0 unspecified atom stereocenters. The summed E-state index contributed by atoms with van der Waals surface area (Å²) in [6, 6.07) is 5.97. The van der Waals surface area contributed by atoms with Crippen LogP contribution < -0.4 is 4.90 Å². The van der Waals surface area contributed by atoms with Gasteiger partial charge in [-0.2, -0.15) is 0 Å². The molecule has 1 rings (SSSR count). The van der Waals surface area contributed by atoms with E-state index in [4.69, 9.17) is 0 Å². The number of esters is 1. The second-order valence-electron chi connectivity index (χ2n) is 5.19. The molecule has 124 valence electrons. The summed E-state index contributed by atoms with van der Waals surface area (Å²) < 4.78 is 4.66. The lowest BCUT2D eigenvalue weighted by Gasteiger charge is -2.15. The van der Waals surface area contributed by atoms with Crippen LogP contribution in [0.5, 0.6) is 0 Å². The number of methoxy groups -OCH3 is 1. The van der Waals surface area contributed by atoms with Crippen molar-refractivity contribution < 1.29 is 14.6 Å². The van der Waals surface area contributed by atoms with Gasteiger partial charge in [0.1, 0.15) is 11.3 Å². The lowest BCUT2D eigenvalue weighted by atomic mass is 10.1. The molecule has 1 aromatic carbocycles. The van der Waals surface area contributed by atoms with Crippen LogP contribution in [-0.4, -0.2) is 45.0 Å². The third-order valence-corrected chi connectivity index (χ3v) is 3.22. The normalized spacial score (nSPS) is 12.6. The van der Waals surface area contributed by atoms with Crippen molar-refractivity contribution in [2.75, 3.05) is 32.6 Å². The average Bonchev–Trinajstić information content (AvgIpc) is 2.52. The van der Waals surface area contributed by atoms with E-state index in [-0.39, 0.29) is 11.3 Å². The number of hydrogen-bond donors (Lipinski definition) is 1. The number of benzene rings is 1. The molecule has 0 saturated heterocycles. The second kappa shape index (κ2) is 8.78. The van der Waals surface area contributed by atoms with E-state index in [2.05, 4.69) is 9.73 Å². The highest BCUT2D eigenvalue weighted by atomic mass is 16.5. The zero-order valence-electron chi connectivity index (χ0n) is 14.3. The highest BCUT2D eigenvalue weighted by Crippen LogP contribution is 2.20. The van der Waals surface area contributed by atoms with Gasteiger partial charge < -0.3 is 14.7 Å². The first-order chi connectivity index (χ1) is 10.9. The summed E-state index contributed by atoms with van der Waals surface area (Å²) in [5, 5.41) is 10.1. The molecule has 0 aliphatic heterocycles. The monoisotopic (exact) mass is 316 g/mol. The molecule has 0 amide bonds. The Hall–Kier alpha value is -2.56. The van der Waals surface area contributed by atoms with Gasteiger partial charge >= 0.3 is 5.97 Å². The maximum atomic E-state index is 11.7. The number of anilines is 1. The Bertz CT molecular complexity index is 644. The molecule has 0 aromatic heterocycles. The van der Waals surface area contributed by atoms with Gasteiger partial charge in [0.2, 0.25) is 0 Å². The SMILES string of the molecule is CCN=CC(C(=O)OC)=C(O)/C=C/c1ccc(N(C)C)c(C)c1. The van der Waals surface area contributed by atoms with Crippen LogP contribution in [0.25, 0.3) is 6.08 Å². The van der Waals surface area contributed by atoms with Gasteiger partial charge in [-0.15, -0.1) is 0 Å². The van der Waals surface area contributed by atoms with Crippen molar-refractivity contribution in [2.45, 2.75) is 13.8 Å². The number of allylic oxidation sites excluding steroid dienone is 1. The molecule has 0 spiro atoms. The van der Waals surface area contributed by atoms with E-state index in [1.165, 1.54) is 19.4 Å². The number of aliphatic hydroxyl groups excluding tert-OH is 1. The van der Waals surface area contributed by atoms with Gasteiger partial charge in [-0.1, -0.05) is 12.1 Å². The number of carbonyl (C=O) groups excluding carboxylic acids is 1. The minimum absolute atomic E-state index is 0.0345. The Morgan fingerprint density at radius 2 is 2.09 bits per heavy atom. The number of ether oxygens (including phenoxy) is 1. The summed E-state index contributed by atoms with van der Waals surface area (Å²) in [5.41, 5.74) is 3.22. The first-order valence-corrected chi connectivity index (χ1v) is 7.38. The number of aliphatic imine (C=N–C) groups is 1. The van der Waals surface area contributed by atoms with Crippen LogP contribution in [0.15, 0.2) is 40.6 Å². The van der Waals surface area contributed by atoms with Crippen molar-refractivity contribution in [1.29, 1.82) is 0 Å². The largest absolute Gasteiger partial charge is 0.507 e. The van der Waals surface area contributed by atoms with E-state index in [1.54, 1.807) is 6.08 Å². The second-order valence-corrected chi connectivity index (χ2v) is 5.19. The van der Waals surface area contributed by atoms with Crippen molar-refractivity contribution in [1.82, 2.24) is 0 Å². The molecule has 0 atom stereocenters. The topological polar surface area (TPSA) is 62.1 Å². The lowest BCUT2D eigenvalue weighted by molar-refractivity contribution is -0.135. The molecule has 23 heavy (non-hydrogen) atoms. The summed E-state index contributed by atoms with van der Waals surface area (Å²) >= 11 is 0. The van der Waals surface area contributed by atoms with E-state index in [0.717, 1.165) is 16.8 Å². The summed E-state index contributed by atoms with van der Waals surface area (Å²) in [7, 11) is 5.24. The molecule has 0 aliphatic rings. The first-order valence-electron chi connectivity index (χ1n) is 7.38. The van der Waals surface area contributed by atoms with Crippen LogP contribution >= 0.6 is 0 Å². The highest BCUT2D eigenvalue weighted by molar-refractivity contribution is 6.10. The number of nitrogens with zero attached hydrogens (tertiary/aromatic N) is 2. The maximum Gasteiger partial charge on any atom is 0.343 e. The predicted octanol–water partition coefficient (Wildman–Crippen LogP) is 3.15. The van der Waals surface area contributed by atoms with E-state index >= 15 is 0 Å². The fourth-order valence-electron chi connectivity index (χ4n) is 2.06. The summed E-state index contributed by atoms with van der Waals surface area (Å²) in [5.74, 6) is -0.799. The Morgan fingerprint density at radius 3 is 2.61 bits per heavy atom. The number of aryl methyl sites for hydroxylation is 1. The van der Waals surface area contributed by atoms with Crippen molar-refractivity contribution in [2.24, 2.45) is 4.99 Å². The molecule has 0 fully saturated rings. The lowest BCUT2D eigenvalue weighted by Crippen LogP contribution is -2.10. The van der Waals surface area contributed by atoms with Gasteiger partial charge in [-0.25, -0.2) is 4.79 Å². The molecule has 0 saturated carbocycles. The Balaban J connectivity index is 3.09. The fraction of sp³-hybridized carbons (Fsp3) is 0.333. The number of aliphatic hydroxyl groups is 1. The van der Waals surface area contributed by atoms with Crippen molar-refractivity contribution in [3.8, 4) is 0 Å². The molecular formula is C18H24N2O3. The minimum atomic E-state index is -0.622. The van der Waals surface area contributed by atoms with Crippen LogP contribution in [0.1, 0.15) is 18.1 Å². The molecule has 0 aliphatic carbocycles. The molecule has 1 aromatic rings. The third kappa shape index (κ3) is 5.29. The van der Waals surface area contributed by atoms with Crippen molar-refractivity contribution >= 4 is 23.9 Å². The molecular weight excluding hydrogens is 292 g/mol. The Kier molecular flexibility index (Phi) is 7.06. The maximum absolute atomic E-state index is 11.7. The number of rotatable bonds is 6. The van der Waals surface area contributed by atoms with Crippen molar-refractivity contribution in [3.05, 3.63) is 46.7 Å².